The standard InChI is InChI=1S/C14H20N2O2/c1-10(12-6-7-12)9-15-11(2)13-4-3-5-14(8-13)16(17)18/h3-5,8,10-12,15H,6-7,9H2,1-2H3. The van der Waals surface area contributed by atoms with Gasteiger partial charge in [-0.05, 0) is 43.7 Å². The first-order chi connectivity index (χ1) is 8.58. The van der Waals surface area contributed by atoms with Crippen molar-refractivity contribution in [3.05, 3.63) is 39.9 Å². The van der Waals surface area contributed by atoms with Crippen molar-refractivity contribution in [1.29, 1.82) is 0 Å². The second-order valence-corrected chi connectivity index (χ2v) is 5.30. The first-order valence-electron chi connectivity index (χ1n) is 6.55. The van der Waals surface area contributed by atoms with Crippen molar-refractivity contribution >= 4 is 5.69 Å². The van der Waals surface area contributed by atoms with E-state index in [4.69, 9.17) is 0 Å². The summed E-state index contributed by atoms with van der Waals surface area (Å²) in [5.74, 6) is 1.58. The number of hydrogen-bond donors (Lipinski definition) is 1. The molecule has 2 unspecified atom stereocenters. The molecule has 98 valence electrons. The van der Waals surface area contributed by atoms with Crippen LogP contribution in [0.5, 0.6) is 0 Å². The van der Waals surface area contributed by atoms with Crippen molar-refractivity contribution in [3.63, 3.8) is 0 Å². The van der Waals surface area contributed by atoms with Crippen molar-refractivity contribution in [2.24, 2.45) is 11.8 Å². The van der Waals surface area contributed by atoms with Crippen LogP contribution in [0.25, 0.3) is 0 Å². The maximum atomic E-state index is 10.7. The molecule has 4 nitrogen and oxygen atoms in total. The Balaban J connectivity index is 1.92. The molecule has 2 rings (SSSR count). The lowest BCUT2D eigenvalue weighted by Crippen LogP contribution is -2.25. The molecule has 18 heavy (non-hydrogen) atoms. The first-order valence-corrected chi connectivity index (χ1v) is 6.55. The number of nitro benzene ring substituents is 1. The average molecular weight is 248 g/mol. The summed E-state index contributed by atoms with van der Waals surface area (Å²) < 4.78 is 0. The molecule has 1 aliphatic carbocycles. The van der Waals surface area contributed by atoms with E-state index in [-0.39, 0.29) is 16.7 Å². The molecular formula is C14H20N2O2. The van der Waals surface area contributed by atoms with Gasteiger partial charge in [-0.3, -0.25) is 10.1 Å². The molecule has 0 amide bonds. The smallest absolute Gasteiger partial charge is 0.269 e. The Bertz CT molecular complexity index is 430. The van der Waals surface area contributed by atoms with Gasteiger partial charge in [0.25, 0.3) is 5.69 Å². The molecule has 1 aromatic rings. The minimum atomic E-state index is -0.344. The van der Waals surface area contributed by atoms with Crippen LogP contribution in [0.2, 0.25) is 0 Å². The Hall–Kier alpha value is -1.42. The molecule has 1 aliphatic rings. The highest BCUT2D eigenvalue weighted by Crippen LogP contribution is 2.36. The summed E-state index contributed by atoms with van der Waals surface area (Å²) in [6.45, 7) is 5.30. The molecule has 1 N–H and O–H groups in total. The number of hydrogen-bond acceptors (Lipinski definition) is 3. The second kappa shape index (κ2) is 5.48. The van der Waals surface area contributed by atoms with E-state index < -0.39 is 0 Å². The summed E-state index contributed by atoms with van der Waals surface area (Å²) in [4.78, 5) is 10.4. The predicted octanol–water partition coefficient (Wildman–Crippen LogP) is 3.29. The zero-order valence-corrected chi connectivity index (χ0v) is 10.9. The molecule has 0 saturated heterocycles. The van der Waals surface area contributed by atoms with E-state index in [1.807, 2.05) is 6.07 Å². The van der Waals surface area contributed by atoms with E-state index >= 15 is 0 Å². The van der Waals surface area contributed by atoms with Crippen LogP contribution >= 0.6 is 0 Å². The zero-order valence-electron chi connectivity index (χ0n) is 10.9. The number of nitro groups is 1. The van der Waals surface area contributed by atoms with Crippen LogP contribution < -0.4 is 5.32 Å². The quantitative estimate of drug-likeness (QED) is 0.620. The summed E-state index contributed by atoms with van der Waals surface area (Å²) in [7, 11) is 0. The summed E-state index contributed by atoms with van der Waals surface area (Å²) >= 11 is 0. The van der Waals surface area contributed by atoms with Gasteiger partial charge in [0.15, 0.2) is 0 Å². The largest absolute Gasteiger partial charge is 0.310 e. The van der Waals surface area contributed by atoms with Gasteiger partial charge in [-0.1, -0.05) is 19.1 Å². The van der Waals surface area contributed by atoms with Crippen LogP contribution in [0.15, 0.2) is 24.3 Å². The predicted molar refractivity (Wildman–Crippen MR) is 71.4 cm³/mol. The molecule has 0 heterocycles. The van der Waals surface area contributed by atoms with Crippen molar-refractivity contribution in [3.8, 4) is 0 Å². The maximum Gasteiger partial charge on any atom is 0.269 e. The zero-order chi connectivity index (χ0) is 13.1. The number of rotatable bonds is 6. The Morgan fingerprint density at radius 3 is 2.78 bits per heavy atom. The Kier molecular flexibility index (Phi) is 3.97. The fourth-order valence-corrected chi connectivity index (χ4v) is 2.22. The molecule has 0 bridgehead atoms. The third-order valence-electron chi connectivity index (χ3n) is 3.75. The summed E-state index contributed by atoms with van der Waals surface area (Å²) in [5.41, 5.74) is 1.14. The number of non-ortho nitro benzene ring substituents is 1. The maximum absolute atomic E-state index is 10.7. The Morgan fingerprint density at radius 2 is 2.17 bits per heavy atom. The topological polar surface area (TPSA) is 55.2 Å². The van der Waals surface area contributed by atoms with E-state index in [0.29, 0.717) is 5.92 Å². The highest BCUT2D eigenvalue weighted by molar-refractivity contribution is 5.35. The molecule has 0 aromatic heterocycles. The fourth-order valence-electron chi connectivity index (χ4n) is 2.22. The lowest BCUT2D eigenvalue weighted by molar-refractivity contribution is -0.384. The molecule has 4 heteroatoms. The van der Waals surface area contributed by atoms with E-state index in [9.17, 15) is 10.1 Å². The molecule has 2 atom stereocenters. The lowest BCUT2D eigenvalue weighted by atomic mass is 10.0. The normalized spacial score (nSPS) is 18.3. The van der Waals surface area contributed by atoms with Gasteiger partial charge in [-0.15, -0.1) is 0 Å². The van der Waals surface area contributed by atoms with Gasteiger partial charge in [0, 0.05) is 18.2 Å². The highest BCUT2D eigenvalue weighted by Gasteiger charge is 2.27. The van der Waals surface area contributed by atoms with Gasteiger partial charge in [-0.2, -0.15) is 0 Å². The number of nitrogens with one attached hydrogen (secondary N) is 1. The van der Waals surface area contributed by atoms with Gasteiger partial charge in [-0.25, -0.2) is 0 Å². The van der Waals surface area contributed by atoms with Gasteiger partial charge < -0.3 is 5.32 Å². The number of nitrogens with zero attached hydrogens (tertiary/aromatic N) is 1. The van der Waals surface area contributed by atoms with Crippen LogP contribution in [0, 0.1) is 22.0 Å². The van der Waals surface area contributed by atoms with E-state index in [2.05, 4.69) is 19.2 Å². The average Bonchev–Trinajstić information content (AvgIpc) is 3.20. The Morgan fingerprint density at radius 1 is 1.44 bits per heavy atom. The fraction of sp³-hybridized carbons (Fsp3) is 0.571. The SMILES string of the molecule is CC(NCC(C)C1CC1)c1cccc([N+](=O)[O-])c1. The molecule has 0 radical (unpaired) electrons. The summed E-state index contributed by atoms with van der Waals surface area (Å²) in [6, 6.07) is 7.02. The van der Waals surface area contributed by atoms with E-state index in [1.165, 1.54) is 18.9 Å². The lowest BCUT2D eigenvalue weighted by Gasteiger charge is -2.17. The van der Waals surface area contributed by atoms with Crippen molar-refractivity contribution in [2.75, 3.05) is 6.54 Å². The van der Waals surface area contributed by atoms with Gasteiger partial charge >= 0.3 is 0 Å². The van der Waals surface area contributed by atoms with E-state index in [1.54, 1.807) is 12.1 Å². The third-order valence-corrected chi connectivity index (χ3v) is 3.75. The highest BCUT2D eigenvalue weighted by atomic mass is 16.6. The van der Waals surface area contributed by atoms with Crippen molar-refractivity contribution in [1.82, 2.24) is 5.32 Å². The molecule has 1 fully saturated rings. The summed E-state index contributed by atoms with van der Waals surface area (Å²) in [6.07, 6.45) is 2.71. The molecule has 0 spiro atoms. The van der Waals surface area contributed by atoms with Crippen LogP contribution in [-0.2, 0) is 0 Å². The molecule has 1 aromatic carbocycles. The second-order valence-electron chi connectivity index (χ2n) is 5.30. The van der Waals surface area contributed by atoms with Crippen LogP contribution in [-0.4, -0.2) is 11.5 Å². The van der Waals surface area contributed by atoms with Crippen molar-refractivity contribution < 1.29 is 4.92 Å². The van der Waals surface area contributed by atoms with Crippen LogP contribution in [0.3, 0.4) is 0 Å². The minimum absolute atomic E-state index is 0.158. The number of benzene rings is 1. The molecule has 0 aliphatic heterocycles. The van der Waals surface area contributed by atoms with E-state index in [0.717, 1.165) is 18.0 Å². The molecular weight excluding hydrogens is 228 g/mol. The van der Waals surface area contributed by atoms with Crippen molar-refractivity contribution in [2.45, 2.75) is 32.7 Å². The third kappa shape index (κ3) is 3.29. The Labute approximate surface area is 108 Å². The molecule has 1 saturated carbocycles. The van der Waals surface area contributed by atoms with Gasteiger partial charge in [0.1, 0.15) is 0 Å². The summed E-state index contributed by atoms with van der Waals surface area (Å²) in [5, 5.41) is 14.2. The monoisotopic (exact) mass is 248 g/mol. The van der Waals surface area contributed by atoms with Gasteiger partial charge in [0.05, 0.1) is 4.92 Å². The van der Waals surface area contributed by atoms with Gasteiger partial charge in [0.2, 0.25) is 0 Å². The minimum Gasteiger partial charge on any atom is -0.310 e. The van der Waals surface area contributed by atoms with Crippen LogP contribution in [0.1, 0.15) is 38.3 Å². The van der Waals surface area contributed by atoms with Crippen LogP contribution in [0.4, 0.5) is 5.69 Å². The first kappa shape index (κ1) is 13.0.